The number of morpholine rings is 1. The van der Waals surface area contributed by atoms with Crippen LogP contribution in [0, 0.1) is 24.1 Å². The molecule has 8 nitrogen and oxygen atoms in total. The Hall–Kier alpha value is -3.68. The van der Waals surface area contributed by atoms with E-state index in [2.05, 4.69) is 24.4 Å². The molecule has 3 aromatic carbocycles. The molecule has 0 aliphatic carbocycles. The number of hydrazone groups is 1. The van der Waals surface area contributed by atoms with Gasteiger partial charge in [0.2, 0.25) is 5.91 Å². The van der Waals surface area contributed by atoms with E-state index in [0.717, 1.165) is 16.7 Å². The number of carbonyl (C=O) groups is 1. The summed E-state index contributed by atoms with van der Waals surface area (Å²) in [6.07, 6.45) is 0.845. The second-order valence-corrected chi connectivity index (χ2v) is 9.70. The number of nitrogens with two attached hydrogens (primary N) is 2. The standard InChI is InChI=1S/C18H19Cl2N5O2.C8H6FN.C3H8/c19-13-5-1-11(2-6-13)17-18(12-3-7-14(20)8-4-12)27-10-16(26)25(17)9-15(23-21)24-22;1-6-2-3-7(5-10)8(9)4-6;1-3-2/h1-8,17-18H,9-10,21-22H2,(H,23,24);2-4H,1H3;3H2,1-2H3. The van der Waals surface area contributed by atoms with Gasteiger partial charge in [-0.25, -0.2) is 10.2 Å². The summed E-state index contributed by atoms with van der Waals surface area (Å²) >= 11 is 12.0. The van der Waals surface area contributed by atoms with Crippen molar-refractivity contribution in [3.63, 3.8) is 0 Å². The minimum atomic E-state index is -0.442. The first-order valence-corrected chi connectivity index (χ1v) is 13.3. The maximum absolute atomic E-state index is 12.6. The third-order valence-electron chi connectivity index (χ3n) is 5.63. The van der Waals surface area contributed by atoms with Crippen LogP contribution in [0.2, 0.25) is 10.0 Å². The van der Waals surface area contributed by atoms with Crippen LogP contribution in [0.4, 0.5) is 4.39 Å². The van der Waals surface area contributed by atoms with E-state index in [1.165, 1.54) is 18.6 Å². The van der Waals surface area contributed by atoms with E-state index in [4.69, 9.17) is 44.9 Å². The molecule has 1 fully saturated rings. The molecule has 0 radical (unpaired) electrons. The highest BCUT2D eigenvalue weighted by molar-refractivity contribution is 6.30. The van der Waals surface area contributed by atoms with Crippen LogP contribution < -0.4 is 17.1 Å². The SMILES string of the molecule is CCC.Cc1ccc(C#N)c(F)c1.N/N=C(/CN1C(=O)COC(c2ccc(Cl)cc2)C1c1ccc(Cl)cc1)NN. The number of nitrogens with one attached hydrogen (secondary N) is 1. The highest BCUT2D eigenvalue weighted by Gasteiger charge is 2.39. The number of amidine groups is 1. The van der Waals surface area contributed by atoms with Crippen molar-refractivity contribution in [2.45, 2.75) is 39.3 Å². The van der Waals surface area contributed by atoms with Crippen LogP contribution in [-0.4, -0.2) is 29.8 Å². The first-order chi connectivity index (χ1) is 19.2. The van der Waals surface area contributed by atoms with E-state index >= 15 is 0 Å². The van der Waals surface area contributed by atoms with Gasteiger partial charge in [-0.3, -0.25) is 4.79 Å². The van der Waals surface area contributed by atoms with Crippen LogP contribution >= 0.6 is 23.2 Å². The Morgan fingerprint density at radius 3 is 2.12 bits per heavy atom. The Balaban J connectivity index is 0.000000358. The molecular formula is C29H33Cl2FN6O2. The molecule has 1 aliphatic rings. The third-order valence-corrected chi connectivity index (χ3v) is 6.13. The Labute approximate surface area is 244 Å². The zero-order valence-electron chi connectivity index (χ0n) is 22.6. The van der Waals surface area contributed by atoms with E-state index in [1.54, 1.807) is 48.2 Å². The van der Waals surface area contributed by atoms with Gasteiger partial charge in [-0.15, -0.1) is 0 Å². The van der Waals surface area contributed by atoms with E-state index in [-0.39, 0.29) is 30.5 Å². The number of hydrogen-bond acceptors (Lipinski definition) is 6. The molecule has 5 N–H and O–H groups in total. The molecule has 0 spiro atoms. The van der Waals surface area contributed by atoms with Gasteiger partial charge < -0.3 is 20.9 Å². The molecule has 0 aromatic heterocycles. The maximum atomic E-state index is 12.6. The van der Waals surface area contributed by atoms with Crippen molar-refractivity contribution >= 4 is 34.9 Å². The summed E-state index contributed by atoms with van der Waals surface area (Å²) in [5.74, 6) is 10.4. The van der Waals surface area contributed by atoms with Gasteiger partial charge >= 0.3 is 0 Å². The molecule has 0 saturated carbocycles. The lowest BCUT2D eigenvalue weighted by Gasteiger charge is -2.41. The number of hydrazine groups is 1. The number of aryl methyl sites for hydroxylation is 1. The molecule has 0 bridgehead atoms. The number of amides is 1. The third kappa shape index (κ3) is 9.21. The van der Waals surface area contributed by atoms with E-state index in [0.29, 0.717) is 10.0 Å². The number of rotatable bonds is 4. The second-order valence-electron chi connectivity index (χ2n) is 8.82. The summed E-state index contributed by atoms with van der Waals surface area (Å²) in [6.45, 7) is 6.08. The summed E-state index contributed by atoms with van der Waals surface area (Å²) in [5, 5.41) is 13.1. The van der Waals surface area contributed by atoms with Crippen LogP contribution in [0.15, 0.2) is 71.8 Å². The molecule has 2 unspecified atom stereocenters. The van der Waals surface area contributed by atoms with Crippen molar-refractivity contribution in [3.05, 3.63) is 105 Å². The smallest absolute Gasteiger partial charge is 0.249 e. The number of nitriles is 1. The van der Waals surface area contributed by atoms with Crippen molar-refractivity contribution in [3.8, 4) is 6.07 Å². The van der Waals surface area contributed by atoms with Crippen molar-refractivity contribution in [1.82, 2.24) is 10.3 Å². The first-order valence-electron chi connectivity index (χ1n) is 12.5. The molecule has 1 heterocycles. The number of nitrogens with zero attached hydrogens (tertiary/aromatic N) is 3. The summed E-state index contributed by atoms with van der Waals surface area (Å²) in [6, 6.07) is 20.4. The van der Waals surface area contributed by atoms with Crippen LogP contribution in [0.1, 0.15) is 54.7 Å². The average Bonchev–Trinajstić information content (AvgIpc) is 2.94. The molecule has 4 rings (SSSR count). The predicted octanol–water partition coefficient (Wildman–Crippen LogP) is 5.79. The second kappa shape index (κ2) is 16.4. The quantitative estimate of drug-likeness (QED) is 0.153. The minimum absolute atomic E-state index is 0.0696. The zero-order valence-corrected chi connectivity index (χ0v) is 24.1. The van der Waals surface area contributed by atoms with E-state index in [9.17, 15) is 9.18 Å². The highest BCUT2D eigenvalue weighted by Crippen LogP contribution is 2.40. The average molecular weight is 588 g/mol. The van der Waals surface area contributed by atoms with Gasteiger partial charge in [-0.05, 0) is 60.0 Å². The Bertz CT molecular complexity index is 1310. The molecule has 2 atom stereocenters. The topological polar surface area (TPSA) is 130 Å². The normalized spacial score (nSPS) is 16.6. The largest absolute Gasteiger partial charge is 0.361 e. The van der Waals surface area contributed by atoms with E-state index < -0.39 is 18.0 Å². The lowest BCUT2D eigenvalue weighted by atomic mass is 9.92. The van der Waals surface area contributed by atoms with Gasteiger partial charge in [0, 0.05) is 10.0 Å². The van der Waals surface area contributed by atoms with Gasteiger partial charge in [-0.2, -0.15) is 10.4 Å². The molecule has 3 aromatic rings. The van der Waals surface area contributed by atoms with Gasteiger partial charge in [0.25, 0.3) is 0 Å². The molecule has 11 heteroatoms. The Kier molecular flexibility index (Phi) is 13.4. The van der Waals surface area contributed by atoms with Crippen LogP contribution in [0.25, 0.3) is 0 Å². The highest BCUT2D eigenvalue weighted by atomic mass is 35.5. The lowest BCUT2D eigenvalue weighted by Crippen LogP contribution is -2.50. The summed E-state index contributed by atoms with van der Waals surface area (Å²) < 4.78 is 18.5. The van der Waals surface area contributed by atoms with Crippen LogP contribution in [0.3, 0.4) is 0 Å². The van der Waals surface area contributed by atoms with Crippen molar-refractivity contribution in [2.24, 2.45) is 16.8 Å². The summed E-state index contributed by atoms with van der Waals surface area (Å²) in [5.41, 5.74) is 5.10. The van der Waals surface area contributed by atoms with Crippen LogP contribution in [0.5, 0.6) is 0 Å². The van der Waals surface area contributed by atoms with Gasteiger partial charge in [0.1, 0.15) is 24.6 Å². The number of ether oxygens (including phenoxy) is 1. The number of hydrogen-bond donors (Lipinski definition) is 3. The molecule has 1 amide bonds. The number of halogens is 3. The Morgan fingerprint density at radius 1 is 1.10 bits per heavy atom. The summed E-state index contributed by atoms with van der Waals surface area (Å²) in [4.78, 5) is 14.3. The Morgan fingerprint density at radius 2 is 1.65 bits per heavy atom. The number of benzene rings is 3. The molecular weight excluding hydrogens is 554 g/mol. The van der Waals surface area contributed by atoms with Gasteiger partial charge in [0.05, 0.1) is 18.2 Å². The first kappa shape index (κ1) is 32.5. The molecule has 1 aliphatic heterocycles. The van der Waals surface area contributed by atoms with Crippen molar-refractivity contribution in [2.75, 3.05) is 13.2 Å². The fraction of sp³-hybridized carbons (Fsp3) is 0.276. The van der Waals surface area contributed by atoms with Crippen LogP contribution in [-0.2, 0) is 9.53 Å². The zero-order chi connectivity index (χ0) is 29.7. The van der Waals surface area contributed by atoms with E-state index in [1.807, 2.05) is 24.3 Å². The van der Waals surface area contributed by atoms with Gasteiger partial charge in [-0.1, -0.05) is 73.8 Å². The monoisotopic (exact) mass is 586 g/mol. The lowest BCUT2D eigenvalue weighted by molar-refractivity contribution is -0.157. The molecule has 212 valence electrons. The minimum Gasteiger partial charge on any atom is -0.361 e. The molecule has 40 heavy (non-hydrogen) atoms. The predicted molar refractivity (Wildman–Crippen MR) is 157 cm³/mol. The fourth-order valence-corrected chi connectivity index (χ4v) is 4.03. The molecule has 1 saturated heterocycles. The van der Waals surface area contributed by atoms with Gasteiger partial charge in [0.15, 0.2) is 5.84 Å². The fourth-order valence-electron chi connectivity index (χ4n) is 3.78. The number of carbonyl (C=O) groups excluding carboxylic acids is 1. The van der Waals surface area contributed by atoms with Crippen molar-refractivity contribution in [1.29, 1.82) is 5.26 Å². The van der Waals surface area contributed by atoms with Crippen molar-refractivity contribution < 1.29 is 13.9 Å². The maximum Gasteiger partial charge on any atom is 0.249 e. The summed E-state index contributed by atoms with van der Waals surface area (Å²) in [7, 11) is 0.